The number of ether oxygens (including phenoxy) is 1. The highest BCUT2D eigenvalue weighted by atomic mass is 32.2. The second kappa shape index (κ2) is 4.15. The summed E-state index contributed by atoms with van der Waals surface area (Å²) >= 11 is 0. The molecule has 2 N–H and O–H groups in total. The SMILES string of the molecule is O=S(=O)(CC1CCCO1)Nc1ncn[nH]1. The predicted octanol–water partition coefficient (Wildman–Crippen LogP) is -0.275. The summed E-state index contributed by atoms with van der Waals surface area (Å²) in [7, 11) is -3.40. The van der Waals surface area contributed by atoms with Gasteiger partial charge < -0.3 is 4.74 Å². The molecular formula is C7H12N4O3S. The summed E-state index contributed by atoms with van der Waals surface area (Å²) in [6.45, 7) is 0.641. The van der Waals surface area contributed by atoms with Crippen LogP contribution in [-0.4, -0.2) is 42.1 Å². The van der Waals surface area contributed by atoms with Crippen molar-refractivity contribution >= 4 is 16.0 Å². The zero-order valence-corrected chi connectivity index (χ0v) is 8.83. The number of aromatic nitrogens is 3. The van der Waals surface area contributed by atoms with Gasteiger partial charge in [0.25, 0.3) is 0 Å². The van der Waals surface area contributed by atoms with Gasteiger partial charge in [-0.15, -0.1) is 0 Å². The second-order valence-electron chi connectivity index (χ2n) is 3.35. The fraction of sp³-hybridized carbons (Fsp3) is 0.714. The quantitative estimate of drug-likeness (QED) is 0.744. The van der Waals surface area contributed by atoms with Gasteiger partial charge in [0.1, 0.15) is 6.33 Å². The Kier molecular flexibility index (Phi) is 2.87. The van der Waals surface area contributed by atoms with Crippen LogP contribution >= 0.6 is 0 Å². The van der Waals surface area contributed by atoms with Gasteiger partial charge in [-0.1, -0.05) is 0 Å². The molecule has 1 saturated heterocycles. The third-order valence-electron chi connectivity index (χ3n) is 2.10. The van der Waals surface area contributed by atoms with E-state index in [0.717, 1.165) is 12.8 Å². The van der Waals surface area contributed by atoms with E-state index in [-0.39, 0.29) is 17.8 Å². The molecule has 2 heterocycles. The fourth-order valence-electron chi connectivity index (χ4n) is 1.46. The lowest BCUT2D eigenvalue weighted by Crippen LogP contribution is -2.26. The minimum absolute atomic E-state index is 0.0340. The van der Waals surface area contributed by atoms with Crippen molar-refractivity contribution in [3.63, 3.8) is 0 Å². The van der Waals surface area contributed by atoms with E-state index >= 15 is 0 Å². The molecule has 84 valence electrons. The molecule has 7 nitrogen and oxygen atoms in total. The van der Waals surface area contributed by atoms with Gasteiger partial charge in [-0.3, -0.25) is 4.72 Å². The minimum Gasteiger partial charge on any atom is -0.377 e. The van der Waals surface area contributed by atoms with E-state index in [2.05, 4.69) is 19.9 Å². The molecule has 0 aromatic carbocycles. The van der Waals surface area contributed by atoms with Crippen LogP contribution in [0.15, 0.2) is 6.33 Å². The Balaban J connectivity index is 1.94. The fourth-order valence-corrected chi connectivity index (χ4v) is 2.69. The molecule has 0 aliphatic carbocycles. The molecule has 1 aromatic rings. The van der Waals surface area contributed by atoms with Crippen molar-refractivity contribution in [2.45, 2.75) is 18.9 Å². The summed E-state index contributed by atoms with van der Waals surface area (Å²) < 4.78 is 30.7. The van der Waals surface area contributed by atoms with Crippen molar-refractivity contribution in [1.29, 1.82) is 0 Å². The average Bonchev–Trinajstić information content (AvgIpc) is 2.75. The molecule has 1 aliphatic rings. The third kappa shape index (κ3) is 2.90. The van der Waals surface area contributed by atoms with Crippen molar-refractivity contribution in [2.75, 3.05) is 17.1 Å². The Morgan fingerprint density at radius 3 is 3.13 bits per heavy atom. The number of nitrogens with zero attached hydrogens (tertiary/aromatic N) is 2. The van der Waals surface area contributed by atoms with Crippen LogP contribution in [0.25, 0.3) is 0 Å². The van der Waals surface area contributed by atoms with E-state index in [0.29, 0.717) is 6.61 Å². The van der Waals surface area contributed by atoms with Crippen LogP contribution in [0.5, 0.6) is 0 Å². The number of anilines is 1. The Labute approximate surface area is 87.3 Å². The normalized spacial score (nSPS) is 21.7. The lowest BCUT2D eigenvalue weighted by Gasteiger charge is -2.09. The molecule has 1 fully saturated rings. The van der Waals surface area contributed by atoms with Crippen molar-refractivity contribution < 1.29 is 13.2 Å². The third-order valence-corrected chi connectivity index (χ3v) is 3.41. The van der Waals surface area contributed by atoms with Gasteiger partial charge in [0.05, 0.1) is 11.9 Å². The molecule has 1 aliphatic heterocycles. The van der Waals surface area contributed by atoms with E-state index in [1.165, 1.54) is 6.33 Å². The van der Waals surface area contributed by atoms with Crippen molar-refractivity contribution in [1.82, 2.24) is 15.2 Å². The van der Waals surface area contributed by atoms with Crippen LogP contribution in [0.4, 0.5) is 5.95 Å². The van der Waals surface area contributed by atoms with E-state index in [1.54, 1.807) is 0 Å². The molecule has 0 radical (unpaired) electrons. The maximum atomic E-state index is 11.6. The van der Waals surface area contributed by atoms with Crippen molar-refractivity contribution in [3.05, 3.63) is 6.33 Å². The summed E-state index contributed by atoms with van der Waals surface area (Å²) in [6.07, 6.45) is 2.74. The summed E-state index contributed by atoms with van der Waals surface area (Å²) in [6, 6.07) is 0. The van der Waals surface area contributed by atoms with E-state index in [1.807, 2.05) is 0 Å². The number of nitrogens with one attached hydrogen (secondary N) is 2. The summed E-state index contributed by atoms with van der Waals surface area (Å²) in [4.78, 5) is 3.68. The van der Waals surface area contributed by atoms with Crippen molar-refractivity contribution in [3.8, 4) is 0 Å². The first kappa shape index (κ1) is 10.4. The van der Waals surface area contributed by atoms with Crippen LogP contribution in [-0.2, 0) is 14.8 Å². The zero-order valence-electron chi connectivity index (χ0n) is 8.01. The average molecular weight is 232 g/mol. The lowest BCUT2D eigenvalue weighted by molar-refractivity contribution is 0.127. The van der Waals surface area contributed by atoms with Crippen LogP contribution in [0, 0.1) is 0 Å². The molecular weight excluding hydrogens is 220 g/mol. The van der Waals surface area contributed by atoms with Gasteiger partial charge in [0.15, 0.2) is 0 Å². The van der Waals surface area contributed by atoms with Crippen molar-refractivity contribution in [2.24, 2.45) is 0 Å². The van der Waals surface area contributed by atoms with Crippen LogP contribution in [0.1, 0.15) is 12.8 Å². The highest BCUT2D eigenvalue weighted by molar-refractivity contribution is 7.92. The van der Waals surface area contributed by atoms with Gasteiger partial charge in [-0.25, -0.2) is 13.5 Å². The van der Waals surface area contributed by atoms with Gasteiger partial charge in [-0.2, -0.15) is 10.1 Å². The molecule has 0 bridgehead atoms. The Morgan fingerprint density at radius 1 is 1.67 bits per heavy atom. The topological polar surface area (TPSA) is 97.0 Å². The van der Waals surface area contributed by atoms with Crippen LogP contribution < -0.4 is 4.72 Å². The highest BCUT2D eigenvalue weighted by Gasteiger charge is 2.23. The largest absolute Gasteiger partial charge is 0.377 e. The molecule has 0 saturated carbocycles. The maximum Gasteiger partial charge on any atom is 0.237 e. The monoisotopic (exact) mass is 232 g/mol. The molecule has 15 heavy (non-hydrogen) atoms. The lowest BCUT2D eigenvalue weighted by atomic mass is 10.3. The Hall–Kier alpha value is -1.15. The van der Waals surface area contributed by atoms with Crippen LogP contribution in [0.3, 0.4) is 0 Å². The molecule has 0 spiro atoms. The molecule has 1 unspecified atom stereocenters. The minimum atomic E-state index is -3.40. The Bertz CT molecular complexity index is 396. The molecule has 1 atom stereocenters. The van der Waals surface area contributed by atoms with Gasteiger partial charge in [0.2, 0.25) is 16.0 Å². The zero-order chi connectivity index (χ0) is 10.7. The summed E-state index contributed by atoms with van der Waals surface area (Å²) in [5, 5.41) is 5.97. The standard InChI is InChI=1S/C7H12N4O3S/c12-15(13,4-6-2-1-3-14-6)11-7-8-5-9-10-7/h5-6H,1-4H2,(H2,8,9,10,11). The number of hydrogen-bond acceptors (Lipinski definition) is 5. The van der Waals surface area contributed by atoms with Crippen LogP contribution in [0.2, 0.25) is 0 Å². The van der Waals surface area contributed by atoms with Gasteiger partial charge in [0, 0.05) is 6.61 Å². The molecule has 2 rings (SSSR count). The van der Waals surface area contributed by atoms with Gasteiger partial charge in [-0.05, 0) is 12.8 Å². The molecule has 0 amide bonds. The first-order valence-corrected chi connectivity index (χ1v) is 6.28. The number of rotatable bonds is 4. The summed E-state index contributed by atoms with van der Waals surface area (Å²) in [5.74, 6) is 0.0984. The van der Waals surface area contributed by atoms with E-state index in [4.69, 9.17) is 4.74 Å². The number of H-pyrrole nitrogens is 1. The predicted molar refractivity (Wildman–Crippen MR) is 52.8 cm³/mol. The number of hydrogen-bond donors (Lipinski definition) is 2. The highest BCUT2D eigenvalue weighted by Crippen LogP contribution is 2.14. The smallest absolute Gasteiger partial charge is 0.237 e. The van der Waals surface area contributed by atoms with Gasteiger partial charge >= 0.3 is 0 Å². The number of aromatic amines is 1. The first-order valence-electron chi connectivity index (χ1n) is 4.63. The van der Waals surface area contributed by atoms with E-state index in [9.17, 15) is 8.42 Å². The molecule has 8 heteroatoms. The second-order valence-corrected chi connectivity index (χ2v) is 5.12. The molecule has 1 aromatic heterocycles. The first-order chi connectivity index (χ1) is 7.16. The maximum absolute atomic E-state index is 11.6. The Morgan fingerprint density at radius 2 is 2.53 bits per heavy atom. The summed E-state index contributed by atoms with van der Waals surface area (Å²) in [5.41, 5.74) is 0. The number of sulfonamides is 1. The van der Waals surface area contributed by atoms with E-state index < -0.39 is 10.0 Å².